The third-order valence-corrected chi connectivity index (χ3v) is 2.93. The number of rotatable bonds is 2. The summed E-state index contributed by atoms with van der Waals surface area (Å²) in [5, 5.41) is 6.90. The number of aromatic nitrogens is 2. The van der Waals surface area contributed by atoms with Crippen LogP contribution >= 0.6 is 23.8 Å². The number of hydrogen-bond acceptors (Lipinski definition) is 3. The maximum absolute atomic E-state index is 5.87. The average molecular weight is 269 g/mol. The molecule has 0 spiro atoms. The number of halogens is 1. The Labute approximate surface area is 110 Å². The molecule has 17 heavy (non-hydrogen) atoms. The number of hydrogen-bond donors (Lipinski definition) is 2. The molecule has 6 heteroatoms. The van der Waals surface area contributed by atoms with Crippen LogP contribution in [0.5, 0.6) is 0 Å². The summed E-state index contributed by atoms with van der Waals surface area (Å²) in [6.07, 6.45) is 9.88. The molecule has 1 aliphatic carbocycles. The van der Waals surface area contributed by atoms with Crippen LogP contribution in [0.3, 0.4) is 0 Å². The fourth-order valence-electron chi connectivity index (χ4n) is 1.64. The van der Waals surface area contributed by atoms with Gasteiger partial charge in [-0.15, -0.1) is 0 Å². The van der Waals surface area contributed by atoms with Crippen molar-refractivity contribution in [2.75, 3.05) is 5.32 Å². The third-order valence-electron chi connectivity index (χ3n) is 2.45. The van der Waals surface area contributed by atoms with Crippen LogP contribution in [0.25, 0.3) is 0 Å². The molecule has 1 aromatic heterocycles. The number of nitrogens with one attached hydrogen (secondary N) is 2. The van der Waals surface area contributed by atoms with Crippen LogP contribution in [-0.2, 0) is 0 Å². The van der Waals surface area contributed by atoms with Gasteiger partial charge in [0.05, 0.1) is 0 Å². The molecule has 0 aliphatic heterocycles. The van der Waals surface area contributed by atoms with E-state index in [-0.39, 0.29) is 0 Å². The summed E-state index contributed by atoms with van der Waals surface area (Å²) in [5.74, 6) is 0.475. The number of anilines is 1. The summed E-state index contributed by atoms with van der Waals surface area (Å²) in [5.41, 5.74) is 1.16. The molecule has 2 rings (SSSR count). The van der Waals surface area contributed by atoms with E-state index in [1.54, 1.807) is 6.20 Å². The maximum atomic E-state index is 5.87. The minimum atomic E-state index is 0.314. The second kappa shape index (κ2) is 5.93. The summed E-state index contributed by atoms with van der Waals surface area (Å²) >= 11 is 11.1. The zero-order valence-corrected chi connectivity index (χ0v) is 10.8. The minimum Gasteiger partial charge on any atom is -0.336 e. The Morgan fingerprint density at radius 2 is 2.06 bits per heavy atom. The lowest BCUT2D eigenvalue weighted by atomic mass is 10.1. The molecule has 1 heterocycles. The Morgan fingerprint density at radius 3 is 2.76 bits per heavy atom. The lowest BCUT2D eigenvalue weighted by Crippen LogP contribution is -2.29. The second-order valence-electron chi connectivity index (χ2n) is 3.75. The van der Waals surface area contributed by atoms with Crippen molar-refractivity contribution in [1.29, 1.82) is 0 Å². The Bertz CT molecular complexity index is 447. The van der Waals surface area contributed by atoms with Crippen molar-refractivity contribution in [2.24, 2.45) is 0 Å². The van der Waals surface area contributed by atoms with Gasteiger partial charge in [-0.05, 0) is 37.9 Å². The zero-order valence-electron chi connectivity index (χ0n) is 9.24. The molecule has 0 radical (unpaired) electrons. The highest BCUT2D eigenvalue weighted by molar-refractivity contribution is 7.80. The topological polar surface area (TPSA) is 49.8 Å². The van der Waals surface area contributed by atoms with Crippen LogP contribution in [0.15, 0.2) is 24.2 Å². The van der Waals surface area contributed by atoms with Gasteiger partial charge in [0.15, 0.2) is 16.1 Å². The van der Waals surface area contributed by atoms with E-state index >= 15 is 0 Å². The Hall–Kier alpha value is -1.20. The van der Waals surface area contributed by atoms with E-state index in [2.05, 4.69) is 26.7 Å². The first kappa shape index (κ1) is 12.3. The maximum Gasteiger partial charge on any atom is 0.176 e. The van der Waals surface area contributed by atoms with E-state index < -0.39 is 0 Å². The van der Waals surface area contributed by atoms with Gasteiger partial charge in [-0.3, -0.25) is 0 Å². The van der Waals surface area contributed by atoms with E-state index in [0.717, 1.165) is 18.5 Å². The van der Waals surface area contributed by atoms with Gasteiger partial charge in [0.1, 0.15) is 0 Å². The van der Waals surface area contributed by atoms with Crippen molar-refractivity contribution in [2.45, 2.75) is 25.7 Å². The van der Waals surface area contributed by atoms with Gasteiger partial charge in [-0.1, -0.05) is 17.7 Å². The average Bonchev–Trinajstić information content (AvgIpc) is 2.33. The predicted molar refractivity (Wildman–Crippen MR) is 72.9 cm³/mol. The SMILES string of the molecule is S=C(NC1=CCCCC1)Nc1nccnc1Cl. The summed E-state index contributed by atoms with van der Waals surface area (Å²) < 4.78 is 0. The first-order chi connectivity index (χ1) is 8.25. The molecule has 0 unspecified atom stereocenters. The van der Waals surface area contributed by atoms with Crippen molar-refractivity contribution in [1.82, 2.24) is 15.3 Å². The molecule has 0 amide bonds. The van der Waals surface area contributed by atoms with Gasteiger partial charge < -0.3 is 10.6 Å². The molecule has 0 atom stereocenters. The number of thiocarbonyl (C=S) groups is 1. The monoisotopic (exact) mass is 268 g/mol. The quantitative estimate of drug-likeness (QED) is 0.808. The fourth-order valence-corrected chi connectivity index (χ4v) is 2.02. The van der Waals surface area contributed by atoms with Crippen molar-refractivity contribution < 1.29 is 0 Å². The number of allylic oxidation sites excluding steroid dienone is 2. The lowest BCUT2D eigenvalue weighted by Gasteiger charge is -2.16. The third kappa shape index (κ3) is 3.64. The van der Waals surface area contributed by atoms with Gasteiger partial charge in [-0.25, -0.2) is 9.97 Å². The normalized spacial score (nSPS) is 15.0. The van der Waals surface area contributed by atoms with Crippen LogP contribution in [0.1, 0.15) is 25.7 Å². The standard InChI is InChI=1S/C11H13ClN4S/c12-9-10(14-7-6-13-9)16-11(17)15-8-4-2-1-3-5-8/h4,6-7H,1-3,5H2,(H2,14,15,16,17). The summed E-state index contributed by atoms with van der Waals surface area (Å²) in [7, 11) is 0. The van der Waals surface area contributed by atoms with Crippen molar-refractivity contribution >= 4 is 34.7 Å². The molecule has 0 saturated carbocycles. The van der Waals surface area contributed by atoms with E-state index in [4.69, 9.17) is 23.8 Å². The first-order valence-electron chi connectivity index (χ1n) is 5.49. The van der Waals surface area contributed by atoms with Gasteiger partial charge in [0.25, 0.3) is 0 Å². The highest BCUT2D eigenvalue weighted by atomic mass is 35.5. The Balaban J connectivity index is 1.93. The molecule has 4 nitrogen and oxygen atoms in total. The summed E-state index contributed by atoms with van der Waals surface area (Å²) in [6, 6.07) is 0. The van der Waals surface area contributed by atoms with Crippen molar-refractivity contribution in [3.8, 4) is 0 Å². The summed E-state index contributed by atoms with van der Waals surface area (Å²) in [6.45, 7) is 0. The minimum absolute atomic E-state index is 0.314. The summed E-state index contributed by atoms with van der Waals surface area (Å²) in [4.78, 5) is 7.98. The zero-order chi connectivity index (χ0) is 12.1. The fraction of sp³-hybridized carbons (Fsp3) is 0.364. The van der Waals surface area contributed by atoms with Crippen LogP contribution in [0, 0.1) is 0 Å². The van der Waals surface area contributed by atoms with Crippen LogP contribution in [0.4, 0.5) is 5.82 Å². The predicted octanol–water partition coefficient (Wildman–Crippen LogP) is 2.87. The molecule has 0 saturated heterocycles. The molecule has 90 valence electrons. The molecule has 1 aromatic rings. The molecular weight excluding hydrogens is 256 g/mol. The van der Waals surface area contributed by atoms with E-state index in [9.17, 15) is 0 Å². The van der Waals surface area contributed by atoms with E-state index in [0.29, 0.717) is 16.1 Å². The molecule has 2 N–H and O–H groups in total. The van der Waals surface area contributed by atoms with Gasteiger partial charge >= 0.3 is 0 Å². The molecule has 0 fully saturated rings. The lowest BCUT2D eigenvalue weighted by molar-refractivity contribution is 0.682. The smallest absolute Gasteiger partial charge is 0.176 e. The Kier molecular flexibility index (Phi) is 4.28. The molecule has 0 bridgehead atoms. The van der Waals surface area contributed by atoms with Gasteiger partial charge in [-0.2, -0.15) is 0 Å². The first-order valence-corrected chi connectivity index (χ1v) is 6.28. The van der Waals surface area contributed by atoms with Crippen LogP contribution in [0.2, 0.25) is 5.15 Å². The highest BCUT2D eigenvalue weighted by Gasteiger charge is 2.07. The second-order valence-corrected chi connectivity index (χ2v) is 4.52. The van der Waals surface area contributed by atoms with Crippen molar-refractivity contribution in [3.63, 3.8) is 0 Å². The highest BCUT2D eigenvalue weighted by Crippen LogP contribution is 2.16. The number of nitrogens with zero attached hydrogens (tertiary/aromatic N) is 2. The van der Waals surface area contributed by atoms with Gasteiger partial charge in [0.2, 0.25) is 0 Å². The van der Waals surface area contributed by atoms with Crippen LogP contribution in [-0.4, -0.2) is 15.1 Å². The van der Waals surface area contributed by atoms with E-state index in [1.807, 2.05) is 0 Å². The molecule has 1 aliphatic rings. The van der Waals surface area contributed by atoms with E-state index in [1.165, 1.54) is 19.0 Å². The Morgan fingerprint density at radius 1 is 1.24 bits per heavy atom. The largest absolute Gasteiger partial charge is 0.336 e. The molecule has 0 aromatic carbocycles. The molecular formula is C11H13ClN4S. The van der Waals surface area contributed by atoms with Gasteiger partial charge in [0, 0.05) is 18.1 Å². The van der Waals surface area contributed by atoms with Crippen molar-refractivity contribution in [3.05, 3.63) is 29.3 Å². The van der Waals surface area contributed by atoms with Crippen LogP contribution < -0.4 is 10.6 Å².